The van der Waals surface area contributed by atoms with Gasteiger partial charge in [-0.15, -0.1) is 0 Å². The number of alkyl halides is 3. The topological polar surface area (TPSA) is 33.6 Å². The molecule has 0 amide bonds. The van der Waals surface area contributed by atoms with E-state index in [1.807, 2.05) is 0 Å². The van der Waals surface area contributed by atoms with Crippen LogP contribution in [0.15, 0.2) is 29.0 Å². The van der Waals surface area contributed by atoms with Gasteiger partial charge >= 0.3 is 6.18 Å². The molecule has 0 aromatic rings. The van der Waals surface area contributed by atoms with Gasteiger partial charge in [0.1, 0.15) is 0 Å². The van der Waals surface area contributed by atoms with Crippen molar-refractivity contribution >= 4 is 6.02 Å². The Bertz CT molecular complexity index is 291. The Morgan fingerprint density at radius 3 is 2.79 bits per heavy atom. The average Bonchev–Trinajstić information content (AvgIpc) is 2.29. The van der Waals surface area contributed by atoms with Crippen LogP contribution in [0.2, 0.25) is 0 Å². The number of allylic oxidation sites excluding steroid dienone is 2. The Labute approximate surface area is 79.0 Å². The fourth-order valence-corrected chi connectivity index (χ4v) is 0.795. The molecule has 14 heavy (non-hydrogen) atoms. The van der Waals surface area contributed by atoms with Crippen LogP contribution in [0.3, 0.4) is 0 Å². The van der Waals surface area contributed by atoms with Crippen molar-refractivity contribution in [3.8, 4) is 0 Å². The molecule has 1 aliphatic heterocycles. The molecule has 0 saturated heterocycles. The van der Waals surface area contributed by atoms with E-state index in [4.69, 9.17) is 4.74 Å². The molecule has 0 saturated carbocycles. The molecule has 0 unspecified atom stereocenters. The van der Waals surface area contributed by atoms with E-state index in [0.717, 1.165) is 18.5 Å². The van der Waals surface area contributed by atoms with Crippen LogP contribution in [0.5, 0.6) is 0 Å². The van der Waals surface area contributed by atoms with E-state index < -0.39 is 11.7 Å². The predicted molar refractivity (Wildman–Crippen MR) is 45.5 cm³/mol. The normalized spacial score (nSPS) is 16.6. The Balaban J connectivity index is 2.81. The monoisotopic (exact) mass is 206 g/mol. The standard InChI is InChI=1S/C8H9F3N2O/c1-2-14-7-12-4-3-6(5-13-7)8(9,10)11/h3-5H,2H2,1H3,(H,12,13). The summed E-state index contributed by atoms with van der Waals surface area (Å²) in [5.41, 5.74) is -0.820. The molecule has 1 heterocycles. The van der Waals surface area contributed by atoms with E-state index in [-0.39, 0.29) is 6.02 Å². The second-order valence-electron chi connectivity index (χ2n) is 2.43. The highest BCUT2D eigenvalue weighted by atomic mass is 19.4. The first-order valence-corrected chi connectivity index (χ1v) is 3.95. The smallest absolute Gasteiger partial charge is 0.417 e. The van der Waals surface area contributed by atoms with Crippen molar-refractivity contribution in [2.45, 2.75) is 13.1 Å². The Morgan fingerprint density at radius 1 is 1.50 bits per heavy atom. The average molecular weight is 206 g/mol. The van der Waals surface area contributed by atoms with Gasteiger partial charge in [-0.05, 0) is 13.0 Å². The molecule has 3 nitrogen and oxygen atoms in total. The zero-order valence-corrected chi connectivity index (χ0v) is 7.43. The van der Waals surface area contributed by atoms with Crippen LogP contribution < -0.4 is 5.32 Å². The number of aliphatic imine (C=N–C) groups is 1. The van der Waals surface area contributed by atoms with Crippen LogP contribution in [0.1, 0.15) is 6.92 Å². The van der Waals surface area contributed by atoms with Crippen LogP contribution in [0.25, 0.3) is 0 Å². The van der Waals surface area contributed by atoms with Crippen molar-refractivity contribution in [1.29, 1.82) is 0 Å². The fraction of sp³-hybridized carbons (Fsp3) is 0.375. The molecule has 0 fully saturated rings. The van der Waals surface area contributed by atoms with E-state index >= 15 is 0 Å². The highest BCUT2D eigenvalue weighted by Crippen LogP contribution is 2.26. The van der Waals surface area contributed by atoms with Crippen molar-refractivity contribution < 1.29 is 17.9 Å². The largest absolute Gasteiger partial charge is 0.465 e. The number of hydrogen-bond acceptors (Lipinski definition) is 3. The summed E-state index contributed by atoms with van der Waals surface area (Å²) in [6, 6.07) is 0.0583. The summed E-state index contributed by atoms with van der Waals surface area (Å²) in [7, 11) is 0. The second-order valence-corrected chi connectivity index (χ2v) is 2.43. The maximum Gasteiger partial charge on any atom is 0.417 e. The highest BCUT2D eigenvalue weighted by molar-refractivity contribution is 5.76. The van der Waals surface area contributed by atoms with Gasteiger partial charge in [0.05, 0.1) is 12.2 Å². The summed E-state index contributed by atoms with van der Waals surface area (Å²) < 4.78 is 41.4. The number of hydrogen-bond donors (Lipinski definition) is 1. The first-order valence-electron chi connectivity index (χ1n) is 3.95. The molecule has 1 N–H and O–H groups in total. The molecule has 78 valence electrons. The number of halogens is 3. The molecular weight excluding hydrogens is 197 g/mol. The molecule has 0 aromatic carbocycles. The molecule has 0 bridgehead atoms. The van der Waals surface area contributed by atoms with Gasteiger partial charge in [-0.2, -0.15) is 13.2 Å². The third kappa shape index (κ3) is 2.79. The summed E-state index contributed by atoms with van der Waals surface area (Å²) in [6.07, 6.45) is -1.62. The number of ether oxygens (including phenoxy) is 1. The van der Waals surface area contributed by atoms with Gasteiger partial charge in [-0.25, -0.2) is 4.99 Å². The maximum atomic E-state index is 12.2. The molecule has 0 aromatic heterocycles. The zero-order chi connectivity index (χ0) is 10.6. The predicted octanol–water partition coefficient (Wildman–Crippen LogP) is 1.94. The summed E-state index contributed by atoms with van der Waals surface area (Å²) in [6.45, 7) is 2.06. The van der Waals surface area contributed by atoms with Crippen molar-refractivity contribution in [3.05, 3.63) is 24.0 Å². The lowest BCUT2D eigenvalue weighted by molar-refractivity contribution is -0.0883. The van der Waals surface area contributed by atoms with E-state index in [1.54, 1.807) is 6.92 Å². The lowest BCUT2D eigenvalue weighted by Crippen LogP contribution is -2.19. The van der Waals surface area contributed by atoms with E-state index in [0.29, 0.717) is 6.61 Å². The first-order chi connectivity index (χ1) is 6.54. The molecule has 0 atom stereocenters. The Hall–Kier alpha value is -1.46. The molecule has 0 radical (unpaired) electrons. The summed E-state index contributed by atoms with van der Waals surface area (Å²) in [5.74, 6) is 0. The third-order valence-electron chi connectivity index (χ3n) is 1.40. The second kappa shape index (κ2) is 4.17. The maximum absolute atomic E-state index is 12.2. The lowest BCUT2D eigenvalue weighted by atomic mass is 10.3. The number of rotatable bonds is 1. The fourth-order valence-electron chi connectivity index (χ4n) is 0.795. The van der Waals surface area contributed by atoms with Gasteiger partial charge in [-0.3, -0.25) is 0 Å². The number of nitrogens with zero attached hydrogens (tertiary/aromatic N) is 1. The molecular formula is C8H9F3N2O. The molecule has 1 aliphatic rings. The highest BCUT2D eigenvalue weighted by Gasteiger charge is 2.32. The van der Waals surface area contributed by atoms with Crippen molar-refractivity contribution in [1.82, 2.24) is 5.32 Å². The number of nitrogens with one attached hydrogen (secondary N) is 1. The zero-order valence-electron chi connectivity index (χ0n) is 7.43. The first kappa shape index (κ1) is 10.6. The third-order valence-corrected chi connectivity index (χ3v) is 1.40. The van der Waals surface area contributed by atoms with Gasteiger partial charge in [0, 0.05) is 12.4 Å². The van der Waals surface area contributed by atoms with Crippen molar-refractivity contribution in [2.24, 2.45) is 4.99 Å². The molecule has 1 rings (SSSR count). The summed E-state index contributed by atoms with van der Waals surface area (Å²) in [5, 5.41) is 2.48. The lowest BCUT2D eigenvalue weighted by Gasteiger charge is -2.03. The van der Waals surface area contributed by atoms with Crippen LogP contribution in [-0.4, -0.2) is 18.8 Å². The van der Waals surface area contributed by atoms with Gasteiger partial charge in [0.15, 0.2) is 0 Å². The van der Waals surface area contributed by atoms with Crippen LogP contribution in [0.4, 0.5) is 13.2 Å². The molecule has 0 spiro atoms. The Morgan fingerprint density at radius 2 is 2.21 bits per heavy atom. The Kier molecular flexibility index (Phi) is 3.16. The minimum absolute atomic E-state index is 0.0583. The van der Waals surface area contributed by atoms with Crippen molar-refractivity contribution in [2.75, 3.05) is 6.61 Å². The van der Waals surface area contributed by atoms with Gasteiger partial charge in [0.25, 0.3) is 6.02 Å². The quantitative estimate of drug-likeness (QED) is 0.711. The molecule has 0 aliphatic carbocycles. The minimum Gasteiger partial charge on any atom is -0.465 e. The van der Waals surface area contributed by atoms with E-state index in [1.165, 1.54) is 0 Å². The van der Waals surface area contributed by atoms with E-state index in [9.17, 15) is 13.2 Å². The van der Waals surface area contributed by atoms with Gasteiger partial charge < -0.3 is 10.1 Å². The van der Waals surface area contributed by atoms with Gasteiger partial charge in [-0.1, -0.05) is 0 Å². The summed E-state index contributed by atoms with van der Waals surface area (Å²) >= 11 is 0. The van der Waals surface area contributed by atoms with Crippen LogP contribution in [-0.2, 0) is 4.74 Å². The summed E-state index contributed by atoms with van der Waals surface area (Å²) in [4.78, 5) is 3.50. The SMILES string of the molecule is CCOC1=NC=C(C(F)(F)F)C=CN1. The molecule has 6 heteroatoms. The van der Waals surface area contributed by atoms with Crippen LogP contribution >= 0.6 is 0 Å². The minimum atomic E-state index is -4.39. The van der Waals surface area contributed by atoms with Crippen molar-refractivity contribution in [3.63, 3.8) is 0 Å². The number of amidine groups is 1. The van der Waals surface area contributed by atoms with Gasteiger partial charge in [0.2, 0.25) is 0 Å². The van der Waals surface area contributed by atoms with Crippen LogP contribution in [0, 0.1) is 0 Å². The van der Waals surface area contributed by atoms with E-state index in [2.05, 4.69) is 10.3 Å².